The van der Waals surface area contributed by atoms with Crippen LogP contribution in [0, 0.1) is 6.92 Å². The molecule has 1 aliphatic heterocycles. The van der Waals surface area contributed by atoms with Crippen LogP contribution < -0.4 is 11.1 Å². The van der Waals surface area contributed by atoms with E-state index in [2.05, 4.69) is 23.2 Å². The lowest BCUT2D eigenvalue weighted by molar-refractivity contribution is 0.337. The topological polar surface area (TPSA) is 41.3 Å². The van der Waals surface area contributed by atoms with Gasteiger partial charge >= 0.3 is 0 Å². The zero-order valence-corrected chi connectivity index (χ0v) is 10.7. The van der Waals surface area contributed by atoms with Crippen LogP contribution in [0.4, 0.5) is 11.4 Å². The fourth-order valence-corrected chi connectivity index (χ4v) is 2.42. The zero-order chi connectivity index (χ0) is 12.1. The molecule has 0 spiro atoms. The molecule has 3 nitrogen and oxygen atoms in total. The average Bonchev–Trinajstić information content (AvgIpc) is 2.79. The number of nitrogens with one attached hydrogen (secondary N) is 1. The van der Waals surface area contributed by atoms with Crippen molar-refractivity contribution in [2.24, 2.45) is 0 Å². The summed E-state index contributed by atoms with van der Waals surface area (Å²) in [5.41, 5.74) is 9.01. The average molecular weight is 233 g/mol. The maximum atomic E-state index is 5.73. The second-order valence-corrected chi connectivity index (χ2v) is 4.90. The molecular weight excluding hydrogens is 210 g/mol. The number of benzene rings is 1. The molecule has 1 saturated heterocycles. The summed E-state index contributed by atoms with van der Waals surface area (Å²) in [7, 11) is 0. The summed E-state index contributed by atoms with van der Waals surface area (Å²) < 4.78 is 0. The van der Waals surface area contributed by atoms with E-state index < -0.39 is 0 Å². The first-order valence-electron chi connectivity index (χ1n) is 6.58. The Hall–Kier alpha value is -1.22. The van der Waals surface area contributed by atoms with Crippen LogP contribution in [0.5, 0.6) is 0 Å². The second-order valence-electron chi connectivity index (χ2n) is 4.90. The van der Waals surface area contributed by atoms with Crippen LogP contribution >= 0.6 is 0 Å². The maximum absolute atomic E-state index is 5.73. The molecule has 1 aromatic carbocycles. The van der Waals surface area contributed by atoms with E-state index in [4.69, 9.17) is 5.73 Å². The van der Waals surface area contributed by atoms with E-state index in [0.29, 0.717) is 0 Å². The Morgan fingerprint density at radius 3 is 2.76 bits per heavy atom. The van der Waals surface area contributed by atoms with E-state index in [1.807, 2.05) is 12.1 Å². The standard InChI is InChI=1S/C14H23N3/c1-12-11-13(15)5-6-14(12)16-7-4-10-17-8-2-3-9-17/h5-6,11,16H,2-4,7-10,15H2,1H3. The molecule has 17 heavy (non-hydrogen) atoms. The summed E-state index contributed by atoms with van der Waals surface area (Å²) in [5.74, 6) is 0. The van der Waals surface area contributed by atoms with Gasteiger partial charge in [0.1, 0.15) is 0 Å². The van der Waals surface area contributed by atoms with Crippen LogP contribution in [-0.2, 0) is 0 Å². The van der Waals surface area contributed by atoms with Gasteiger partial charge in [-0.15, -0.1) is 0 Å². The third-order valence-electron chi connectivity index (χ3n) is 3.42. The van der Waals surface area contributed by atoms with Crippen LogP contribution in [0.15, 0.2) is 18.2 Å². The van der Waals surface area contributed by atoms with Gasteiger partial charge in [0.25, 0.3) is 0 Å². The molecule has 3 N–H and O–H groups in total. The smallest absolute Gasteiger partial charge is 0.0371 e. The van der Waals surface area contributed by atoms with Crippen molar-refractivity contribution in [1.29, 1.82) is 0 Å². The predicted molar refractivity (Wildman–Crippen MR) is 74.4 cm³/mol. The van der Waals surface area contributed by atoms with Gasteiger partial charge in [0.2, 0.25) is 0 Å². The van der Waals surface area contributed by atoms with Gasteiger partial charge in [0.15, 0.2) is 0 Å². The monoisotopic (exact) mass is 233 g/mol. The van der Waals surface area contributed by atoms with Crippen molar-refractivity contribution in [3.8, 4) is 0 Å². The first-order chi connectivity index (χ1) is 8.25. The number of likely N-dealkylation sites (tertiary alicyclic amines) is 1. The first kappa shape index (κ1) is 12.2. The third kappa shape index (κ3) is 3.63. The van der Waals surface area contributed by atoms with Crippen molar-refractivity contribution < 1.29 is 0 Å². The number of aryl methyl sites for hydroxylation is 1. The predicted octanol–water partition coefficient (Wildman–Crippen LogP) is 2.48. The Bertz CT molecular complexity index is 356. The summed E-state index contributed by atoms with van der Waals surface area (Å²) in [4.78, 5) is 2.55. The number of hydrogen-bond donors (Lipinski definition) is 2. The number of nitrogen functional groups attached to an aromatic ring is 1. The molecule has 0 bridgehead atoms. The minimum absolute atomic E-state index is 0.838. The number of hydrogen-bond acceptors (Lipinski definition) is 3. The first-order valence-corrected chi connectivity index (χ1v) is 6.58. The van der Waals surface area contributed by atoms with Crippen LogP contribution in [0.1, 0.15) is 24.8 Å². The van der Waals surface area contributed by atoms with Crippen LogP contribution in [-0.4, -0.2) is 31.1 Å². The van der Waals surface area contributed by atoms with Gasteiger partial charge < -0.3 is 16.0 Å². The van der Waals surface area contributed by atoms with Crippen molar-refractivity contribution in [2.45, 2.75) is 26.2 Å². The highest BCUT2D eigenvalue weighted by Gasteiger charge is 2.10. The summed E-state index contributed by atoms with van der Waals surface area (Å²) in [5, 5.41) is 3.48. The van der Waals surface area contributed by atoms with Gasteiger partial charge in [-0.05, 0) is 69.6 Å². The molecule has 0 aromatic heterocycles. The molecule has 0 radical (unpaired) electrons. The minimum atomic E-state index is 0.838. The Labute approximate surface area is 104 Å². The molecular formula is C14H23N3. The van der Waals surface area contributed by atoms with Gasteiger partial charge in [-0.2, -0.15) is 0 Å². The molecule has 3 heteroatoms. The summed E-state index contributed by atoms with van der Waals surface area (Å²) in [6.45, 7) is 6.95. The van der Waals surface area contributed by atoms with Crippen molar-refractivity contribution in [2.75, 3.05) is 37.2 Å². The summed E-state index contributed by atoms with van der Waals surface area (Å²) >= 11 is 0. The Morgan fingerprint density at radius 1 is 1.29 bits per heavy atom. The van der Waals surface area contributed by atoms with Gasteiger partial charge in [-0.1, -0.05) is 0 Å². The maximum Gasteiger partial charge on any atom is 0.0371 e. The number of nitrogens with zero attached hydrogens (tertiary/aromatic N) is 1. The van der Waals surface area contributed by atoms with E-state index >= 15 is 0 Å². The normalized spacial score (nSPS) is 16.3. The van der Waals surface area contributed by atoms with E-state index in [0.717, 1.165) is 12.2 Å². The van der Waals surface area contributed by atoms with E-state index in [9.17, 15) is 0 Å². The molecule has 1 fully saturated rings. The van der Waals surface area contributed by atoms with Gasteiger partial charge in [0, 0.05) is 17.9 Å². The lowest BCUT2D eigenvalue weighted by atomic mass is 10.2. The molecule has 0 aliphatic carbocycles. The van der Waals surface area contributed by atoms with Crippen molar-refractivity contribution >= 4 is 11.4 Å². The molecule has 0 atom stereocenters. The lowest BCUT2D eigenvalue weighted by Crippen LogP contribution is -2.22. The third-order valence-corrected chi connectivity index (χ3v) is 3.42. The highest BCUT2D eigenvalue weighted by molar-refractivity contribution is 5.57. The van der Waals surface area contributed by atoms with Crippen molar-refractivity contribution in [3.63, 3.8) is 0 Å². The molecule has 94 valence electrons. The number of rotatable bonds is 5. The van der Waals surface area contributed by atoms with Crippen LogP contribution in [0.25, 0.3) is 0 Å². The van der Waals surface area contributed by atoms with Gasteiger partial charge in [-0.3, -0.25) is 0 Å². The molecule has 0 saturated carbocycles. The quantitative estimate of drug-likeness (QED) is 0.606. The van der Waals surface area contributed by atoms with Gasteiger partial charge in [-0.25, -0.2) is 0 Å². The Balaban J connectivity index is 1.70. The molecule has 1 aromatic rings. The molecule has 0 amide bonds. The van der Waals surface area contributed by atoms with Crippen molar-refractivity contribution in [1.82, 2.24) is 4.90 Å². The van der Waals surface area contributed by atoms with Crippen molar-refractivity contribution in [3.05, 3.63) is 23.8 Å². The minimum Gasteiger partial charge on any atom is -0.399 e. The van der Waals surface area contributed by atoms with E-state index in [1.165, 1.54) is 50.1 Å². The largest absolute Gasteiger partial charge is 0.399 e. The number of nitrogens with two attached hydrogens (primary N) is 1. The number of anilines is 2. The fraction of sp³-hybridized carbons (Fsp3) is 0.571. The Kier molecular flexibility index (Phi) is 4.26. The summed E-state index contributed by atoms with van der Waals surface area (Å²) in [6.07, 6.45) is 3.97. The highest BCUT2D eigenvalue weighted by atomic mass is 15.1. The van der Waals surface area contributed by atoms with Crippen LogP contribution in [0.3, 0.4) is 0 Å². The van der Waals surface area contributed by atoms with E-state index in [-0.39, 0.29) is 0 Å². The zero-order valence-electron chi connectivity index (χ0n) is 10.7. The molecule has 2 rings (SSSR count). The lowest BCUT2D eigenvalue weighted by Gasteiger charge is -2.15. The van der Waals surface area contributed by atoms with E-state index in [1.54, 1.807) is 0 Å². The van der Waals surface area contributed by atoms with Gasteiger partial charge in [0.05, 0.1) is 0 Å². The highest BCUT2D eigenvalue weighted by Crippen LogP contribution is 2.17. The fourth-order valence-electron chi connectivity index (χ4n) is 2.42. The Morgan fingerprint density at radius 2 is 2.06 bits per heavy atom. The SMILES string of the molecule is Cc1cc(N)ccc1NCCCN1CCCC1. The summed E-state index contributed by atoms with van der Waals surface area (Å²) in [6, 6.07) is 6.04. The van der Waals surface area contributed by atoms with Crippen LogP contribution in [0.2, 0.25) is 0 Å². The molecule has 1 heterocycles. The molecule has 1 aliphatic rings. The molecule has 0 unspecified atom stereocenters. The second kappa shape index (κ2) is 5.92.